The molecule has 18 heavy (non-hydrogen) atoms. The van der Waals surface area contributed by atoms with Crippen LogP contribution in [0.2, 0.25) is 0 Å². The lowest BCUT2D eigenvalue weighted by molar-refractivity contribution is 0.482. The van der Waals surface area contributed by atoms with Crippen LogP contribution in [0.25, 0.3) is 0 Å². The number of ether oxygens (including phenoxy) is 1. The molecule has 0 amide bonds. The van der Waals surface area contributed by atoms with Gasteiger partial charge in [-0.25, -0.2) is 0 Å². The summed E-state index contributed by atoms with van der Waals surface area (Å²) in [6.07, 6.45) is 2.06. The first-order chi connectivity index (χ1) is 8.78. The second-order valence-corrected chi connectivity index (χ2v) is 4.45. The van der Waals surface area contributed by atoms with Crippen molar-refractivity contribution in [3.05, 3.63) is 59.7 Å². The normalized spacial score (nSPS) is 10.3. The van der Waals surface area contributed by atoms with E-state index in [1.165, 1.54) is 11.1 Å². The lowest BCUT2D eigenvalue weighted by Gasteiger charge is -2.07. The Morgan fingerprint density at radius 2 is 1.44 bits per heavy atom. The second-order valence-electron chi connectivity index (χ2n) is 4.45. The maximum atomic E-state index is 5.77. The van der Waals surface area contributed by atoms with Gasteiger partial charge in [-0.3, -0.25) is 0 Å². The number of benzene rings is 2. The Balaban J connectivity index is 1.99. The summed E-state index contributed by atoms with van der Waals surface area (Å²) >= 11 is 0. The molecule has 0 spiro atoms. The van der Waals surface area contributed by atoms with Gasteiger partial charge in [-0.1, -0.05) is 29.8 Å². The first kappa shape index (κ1) is 12.7. The molecule has 2 aromatic carbocycles. The Morgan fingerprint density at radius 3 is 2.00 bits per heavy atom. The van der Waals surface area contributed by atoms with Gasteiger partial charge in [0, 0.05) is 0 Å². The zero-order valence-corrected chi connectivity index (χ0v) is 10.7. The fraction of sp³-hybridized carbons (Fsp3) is 0.250. The van der Waals surface area contributed by atoms with E-state index in [0.29, 0.717) is 0 Å². The van der Waals surface area contributed by atoms with Crippen LogP contribution in [0.3, 0.4) is 0 Å². The Labute approximate surface area is 108 Å². The standard InChI is InChI=1S/C16H19NO/c1-13-4-8-15(9-5-13)18-16-10-6-14(7-11-16)3-2-12-17/h4-11H,2-3,12,17H2,1H3. The molecular weight excluding hydrogens is 222 g/mol. The molecule has 2 heteroatoms. The zero-order valence-electron chi connectivity index (χ0n) is 10.7. The topological polar surface area (TPSA) is 35.2 Å². The molecule has 2 nitrogen and oxygen atoms in total. The summed E-state index contributed by atoms with van der Waals surface area (Å²) in [5, 5.41) is 0. The van der Waals surface area contributed by atoms with Crippen molar-refractivity contribution in [2.24, 2.45) is 5.73 Å². The van der Waals surface area contributed by atoms with Crippen molar-refractivity contribution in [3.8, 4) is 11.5 Å². The van der Waals surface area contributed by atoms with E-state index in [-0.39, 0.29) is 0 Å². The number of nitrogens with two attached hydrogens (primary N) is 1. The second kappa shape index (κ2) is 6.22. The molecule has 0 fully saturated rings. The van der Waals surface area contributed by atoms with Gasteiger partial charge in [-0.05, 0) is 56.1 Å². The summed E-state index contributed by atoms with van der Waals surface area (Å²) in [7, 11) is 0. The van der Waals surface area contributed by atoms with Crippen molar-refractivity contribution in [2.75, 3.05) is 6.54 Å². The van der Waals surface area contributed by atoms with Crippen LogP contribution in [-0.4, -0.2) is 6.54 Å². The number of hydrogen-bond acceptors (Lipinski definition) is 2. The predicted octanol–water partition coefficient (Wildman–Crippen LogP) is 3.68. The van der Waals surface area contributed by atoms with Crippen molar-refractivity contribution in [2.45, 2.75) is 19.8 Å². The number of rotatable bonds is 5. The minimum absolute atomic E-state index is 0.738. The highest BCUT2D eigenvalue weighted by Gasteiger charge is 1.98. The largest absolute Gasteiger partial charge is 0.457 e. The Hall–Kier alpha value is -1.80. The van der Waals surface area contributed by atoms with E-state index in [2.05, 4.69) is 19.1 Å². The quantitative estimate of drug-likeness (QED) is 0.866. The predicted molar refractivity (Wildman–Crippen MR) is 75.1 cm³/mol. The lowest BCUT2D eigenvalue weighted by atomic mass is 10.1. The van der Waals surface area contributed by atoms with Crippen molar-refractivity contribution in [1.29, 1.82) is 0 Å². The van der Waals surface area contributed by atoms with E-state index >= 15 is 0 Å². The maximum absolute atomic E-state index is 5.77. The smallest absolute Gasteiger partial charge is 0.127 e. The third-order valence-electron chi connectivity index (χ3n) is 2.85. The summed E-state index contributed by atoms with van der Waals surface area (Å²) in [6, 6.07) is 16.3. The first-order valence-electron chi connectivity index (χ1n) is 6.31. The fourth-order valence-electron chi connectivity index (χ4n) is 1.77. The van der Waals surface area contributed by atoms with Gasteiger partial charge in [-0.2, -0.15) is 0 Å². The van der Waals surface area contributed by atoms with Crippen LogP contribution in [0, 0.1) is 6.92 Å². The van der Waals surface area contributed by atoms with Gasteiger partial charge in [0.15, 0.2) is 0 Å². The SMILES string of the molecule is Cc1ccc(Oc2ccc(CCCN)cc2)cc1. The van der Waals surface area contributed by atoms with E-state index in [1.807, 2.05) is 36.4 Å². The van der Waals surface area contributed by atoms with Crippen LogP contribution in [0.5, 0.6) is 11.5 Å². The molecule has 0 aliphatic carbocycles. The van der Waals surface area contributed by atoms with E-state index in [9.17, 15) is 0 Å². The lowest BCUT2D eigenvalue weighted by Crippen LogP contribution is -2.00. The molecule has 0 aromatic heterocycles. The maximum Gasteiger partial charge on any atom is 0.127 e. The van der Waals surface area contributed by atoms with Crippen LogP contribution in [0.4, 0.5) is 0 Å². The van der Waals surface area contributed by atoms with Crippen molar-refractivity contribution in [3.63, 3.8) is 0 Å². The summed E-state index contributed by atoms with van der Waals surface area (Å²) in [5.41, 5.74) is 8.03. The molecule has 94 valence electrons. The summed E-state index contributed by atoms with van der Waals surface area (Å²) in [5.74, 6) is 1.74. The summed E-state index contributed by atoms with van der Waals surface area (Å²) in [4.78, 5) is 0. The Bertz CT molecular complexity index is 473. The molecule has 0 saturated heterocycles. The molecule has 2 rings (SSSR count). The summed E-state index contributed by atoms with van der Waals surface area (Å²) < 4.78 is 5.77. The van der Waals surface area contributed by atoms with Gasteiger partial charge in [0.2, 0.25) is 0 Å². The van der Waals surface area contributed by atoms with Crippen molar-refractivity contribution >= 4 is 0 Å². The van der Waals surface area contributed by atoms with Gasteiger partial charge in [-0.15, -0.1) is 0 Å². The average molecular weight is 241 g/mol. The average Bonchev–Trinajstić information content (AvgIpc) is 2.41. The highest BCUT2D eigenvalue weighted by molar-refractivity contribution is 5.34. The third kappa shape index (κ3) is 3.60. The van der Waals surface area contributed by atoms with E-state index < -0.39 is 0 Å². The van der Waals surface area contributed by atoms with E-state index in [1.54, 1.807) is 0 Å². The minimum atomic E-state index is 0.738. The van der Waals surface area contributed by atoms with Crippen LogP contribution < -0.4 is 10.5 Å². The molecule has 0 saturated carbocycles. The van der Waals surface area contributed by atoms with Crippen molar-refractivity contribution in [1.82, 2.24) is 0 Å². The molecule has 0 bridgehead atoms. The minimum Gasteiger partial charge on any atom is -0.457 e. The molecule has 2 N–H and O–H groups in total. The van der Waals surface area contributed by atoms with Crippen molar-refractivity contribution < 1.29 is 4.74 Å². The fourth-order valence-corrected chi connectivity index (χ4v) is 1.77. The Kier molecular flexibility index (Phi) is 4.37. The molecular formula is C16H19NO. The third-order valence-corrected chi connectivity index (χ3v) is 2.85. The monoisotopic (exact) mass is 241 g/mol. The highest BCUT2D eigenvalue weighted by atomic mass is 16.5. The van der Waals surface area contributed by atoms with E-state index in [4.69, 9.17) is 10.5 Å². The van der Waals surface area contributed by atoms with Gasteiger partial charge in [0.25, 0.3) is 0 Å². The molecule has 2 aromatic rings. The number of hydrogen-bond donors (Lipinski definition) is 1. The van der Waals surface area contributed by atoms with Crippen LogP contribution in [0.15, 0.2) is 48.5 Å². The Morgan fingerprint density at radius 1 is 0.889 bits per heavy atom. The molecule has 0 aliphatic heterocycles. The van der Waals surface area contributed by atoms with Gasteiger partial charge in [0.05, 0.1) is 0 Å². The molecule has 0 unspecified atom stereocenters. The molecule has 0 radical (unpaired) electrons. The van der Waals surface area contributed by atoms with Gasteiger partial charge in [0.1, 0.15) is 11.5 Å². The van der Waals surface area contributed by atoms with Crippen LogP contribution in [0.1, 0.15) is 17.5 Å². The first-order valence-corrected chi connectivity index (χ1v) is 6.31. The zero-order chi connectivity index (χ0) is 12.8. The molecule has 0 aliphatic rings. The van der Waals surface area contributed by atoms with Crippen LogP contribution >= 0.6 is 0 Å². The molecule has 0 atom stereocenters. The van der Waals surface area contributed by atoms with Gasteiger partial charge < -0.3 is 10.5 Å². The number of aryl methyl sites for hydroxylation is 2. The molecule has 0 heterocycles. The highest BCUT2D eigenvalue weighted by Crippen LogP contribution is 2.22. The van der Waals surface area contributed by atoms with Gasteiger partial charge >= 0.3 is 0 Å². The van der Waals surface area contributed by atoms with Crippen LogP contribution in [-0.2, 0) is 6.42 Å². The summed E-state index contributed by atoms with van der Waals surface area (Å²) in [6.45, 7) is 2.80. The van der Waals surface area contributed by atoms with E-state index in [0.717, 1.165) is 30.9 Å².